The summed E-state index contributed by atoms with van der Waals surface area (Å²) in [4.78, 5) is 31.2. The molecule has 0 amide bonds. The first-order valence-corrected chi connectivity index (χ1v) is 11.7. The molecule has 0 unspecified atom stereocenters. The van der Waals surface area contributed by atoms with Crippen molar-refractivity contribution in [2.75, 3.05) is 0 Å². The molecule has 54 heavy (non-hydrogen) atoms. The van der Waals surface area contributed by atoms with Crippen LogP contribution >= 0.6 is 0 Å². The second-order valence-corrected chi connectivity index (χ2v) is 7.10. The maximum Gasteiger partial charge on any atom is 3.00 e. The Morgan fingerprint density at radius 1 is 0.352 bits per heavy atom. The fourth-order valence-electron chi connectivity index (χ4n) is 2.59. The predicted molar refractivity (Wildman–Crippen MR) is 165 cm³/mol. The maximum absolute atomic E-state index is 3.91. The van der Waals surface area contributed by atoms with Gasteiger partial charge in [0.05, 0.1) is 17.5 Å². The summed E-state index contributed by atoms with van der Waals surface area (Å²) >= 11 is 0. The van der Waals surface area contributed by atoms with E-state index in [2.05, 4.69) is 122 Å². The molecule has 0 saturated carbocycles. The molecule has 8 aromatic heterocycles. The SMILES string of the molecule is O.O.O.O.O.[Fe+3].[Fe+3].[O-2].[OH3+].[OH3+].c1cnc(-c2nn[n-]n2)nc1.c1cnc(-c2nnn[n-]2)nc1.c1cnc(-c2nnn[n-]2)nc1.c1cnc(-c2nnn[n-]2)nc1. The zero-order chi connectivity index (χ0) is 30.1. The zero-order valence-electron chi connectivity index (χ0n) is 26.4. The van der Waals surface area contributed by atoms with Gasteiger partial charge in [-0.2, -0.15) is 15.6 Å². The van der Waals surface area contributed by atoms with Gasteiger partial charge >= 0.3 is 34.1 Å². The van der Waals surface area contributed by atoms with E-state index in [0.717, 1.165) is 0 Å². The van der Waals surface area contributed by atoms with Crippen molar-refractivity contribution < 1.29 is 77.9 Å². The topological polar surface area (TPSA) is 566 Å². The first-order valence-electron chi connectivity index (χ1n) is 11.7. The van der Waals surface area contributed by atoms with Gasteiger partial charge in [-0.3, -0.25) is 41.4 Å². The van der Waals surface area contributed by atoms with E-state index in [0.29, 0.717) is 46.6 Å². The Morgan fingerprint density at radius 2 is 0.630 bits per heavy atom. The van der Waals surface area contributed by atoms with Crippen LogP contribution in [0, 0.1) is 0 Å². The van der Waals surface area contributed by atoms with Crippen molar-refractivity contribution in [3.63, 3.8) is 0 Å². The van der Waals surface area contributed by atoms with Gasteiger partial charge in [-0.15, -0.1) is 0 Å². The van der Waals surface area contributed by atoms with Crippen molar-refractivity contribution in [2.45, 2.75) is 0 Å². The van der Waals surface area contributed by atoms with Gasteiger partial charge in [-0.05, 0) is 24.3 Å². The number of aromatic nitrogens is 24. The van der Waals surface area contributed by atoms with E-state index in [1.165, 1.54) is 0 Å². The standard InChI is InChI=1S/4C5H3N6.2Fe.7H2O.O/c4*1-2-6-4(7-3-1)5-8-10-11-9-5;;;;;;;;;;/h4*1-3H;;;7*1H2;/q4*-1;2*+3;;;;;;;;-2/p+2. The second kappa shape index (κ2) is 33.5. The van der Waals surface area contributed by atoms with Crippen LogP contribution in [0.25, 0.3) is 46.6 Å². The molecule has 2 radical (unpaired) electrons. The number of hydrogen-bond acceptors (Lipinski definition) is 20. The average Bonchev–Trinajstić information content (AvgIpc) is 3.96. The molecular weight excluding hydrogens is 816 g/mol. The maximum atomic E-state index is 3.91. The summed E-state index contributed by atoms with van der Waals surface area (Å²) < 4.78 is 0. The molecule has 16 N–H and O–H groups in total. The number of hydrogen-bond donors (Lipinski definition) is 0. The third-order valence-corrected chi connectivity index (χ3v) is 4.34. The van der Waals surface area contributed by atoms with Crippen LogP contribution in [0.4, 0.5) is 0 Å². The summed E-state index contributed by atoms with van der Waals surface area (Å²) in [6, 6.07) is 6.86. The third-order valence-electron chi connectivity index (χ3n) is 4.34. The zero-order valence-corrected chi connectivity index (χ0v) is 28.6. The summed E-state index contributed by atoms with van der Waals surface area (Å²) in [5.41, 5.74) is 0. The molecule has 0 spiro atoms. The average molecular weight is 844 g/mol. The van der Waals surface area contributed by atoms with Crippen LogP contribution < -0.4 is 20.5 Å². The summed E-state index contributed by atoms with van der Waals surface area (Å²) in [5.74, 6) is 3.18. The van der Waals surface area contributed by atoms with E-state index in [-0.39, 0.29) is 77.9 Å². The van der Waals surface area contributed by atoms with Crippen LogP contribution in [-0.4, -0.2) is 129 Å². The molecule has 0 atom stereocenters. The summed E-state index contributed by atoms with van der Waals surface area (Å²) in [6.07, 6.45) is 12.9. The van der Waals surface area contributed by atoms with Crippen molar-refractivity contribution in [3.05, 3.63) is 73.8 Å². The first kappa shape index (κ1) is 59.5. The molecule has 34 heteroatoms. The summed E-state index contributed by atoms with van der Waals surface area (Å²) in [5, 5.41) is 55.2. The van der Waals surface area contributed by atoms with Crippen LogP contribution in [0.15, 0.2) is 73.8 Å². The quantitative estimate of drug-likeness (QED) is 0.117. The summed E-state index contributed by atoms with van der Waals surface area (Å²) in [6.45, 7) is 0. The van der Waals surface area contributed by atoms with Crippen LogP contribution in [0.5, 0.6) is 0 Å². The fraction of sp³-hybridized carbons (Fsp3) is 0. The molecule has 0 aliphatic carbocycles. The molecule has 0 aliphatic rings. The van der Waals surface area contributed by atoms with Crippen molar-refractivity contribution >= 4 is 0 Å². The van der Waals surface area contributed by atoms with Gasteiger partial charge in [-0.1, -0.05) is 0 Å². The van der Waals surface area contributed by atoms with Crippen LogP contribution in [0.2, 0.25) is 0 Å². The Morgan fingerprint density at radius 3 is 0.852 bits per heavy atom. The van der Waals surface area contributed by atoms with E-state index >= 15 is 0 Å². The summed E-state index contributed by atoms with van der Waals surface area (Å²) in [7, 11) is 0. The van der Waals surface area contributed by atoms with Crippen molar-refractivity contribution in [1.29, 1.82) is 0 Å². The monoisotopic (exact) mass is 844 g/mol. The number of tetrazole rings is 4. The van der Waals surface area contributed by atoms with Crippen LogP contribution in [0.1, 0.15) is 0 Å². The van der Waals surface area contributed by atoms with Crippen molar-refractivity contribution in [3.8, 4) is 46.6 Å². The molecule has 0 aromatic carbocycles. The van der Waals surface area contributed by atoms with E-state index in [9.17, 15) is 0 Å². The molecule has 8 aromatic rings. The minimum absolute atomic E-state index is 0. The first-order chi connectivity index (χ1) is 21.9. The van der Waals surface area contributed by atoms with Gasteiger partial charge in [0.15, 0.2) is 23.3 Å². The Hall–Kier alpha value is -6.68. The smallest absolute Gasteiger partial charge is 2.00 e. The van der Waals surface area contributed by atoms with Crippen LogP contribution in [-0.2, 0) is 50.6 Å². The number of rotatable bonds is 4. The minimum atomic E-state index is 0. The number of nitrogens with zero attached hydrogens (tertiary/aromatic N) is 24. The van der Waals surface area contributed by atoms with E-state index in [4.69, 9.17) is 0 Å². The third kappa shape index (κ3) is 18.5. The molecule has 8 heterocycles. The van der Waals surface area contributed by atoms with Gasteiger partial charge in [0, 0.05) is 49.6 Å². The Labute approximate surface area is 320 Å². The molecule has 0 bridgehead atoms. The molecule has 290 valence electrons. The van der Waals surface area contributed by atoms with Crippen molar-refractivity contribution in [1.82, 2.24) is 122 Å². The van der Waals surface area contributed by atoms with Crippen molar-refractivity contribution in [2.24, 2.45) is 0 Å². The van der Waals surface area contributed by atoms with E-state index in [1.807, 2.05) is 0 Å². The van der Waals surface area contributed by atoms with Gasteiger partial charge in [0.2, 0.25) is 0 Å². The molecule has 32 nitrogen and oxygen atoms in total. The van der Waals surface area contributed by atoms with E-state index < -0.39 is 0 Å². The molecule has 0 aliphatic heterocycles. The molecule has 0 fully saturated rings. The van der Waals surface area contributed by atoms with Crippen LogP contribution in [0.3, 0.4) is 0 Å². The Bertz CT molecular complexity index is 1580. The molecule has 0 saturated heterocycles. The Balaban J connectivity index is -0.000000134. The Kier molecular flexibility index (Phi) is 36.8. The van der Waals surface area contributed by atoms with Gasteiger partial charge in [0.25, 0.3) is 0 Å². The predicted octanol–water partition coefficient (Wildman–Crippen LogP) is -8.95. The normalized spacial score (nSPS) is 8.00. The molecule has 8 rings (SSSR count). The van der Waals surface area contributed by atoms with Gasteiger partial charge in [-0.25, -0.2) is 45.0 Å². The fourth-order valence-corrected chi connectivity index (χ4v) is 2.59. The molecular formula is C20H28Fe2N24O8+2. The largest absolute Gasteiger partial charge is 3.00 e. The van der Waals surface area contributed by atoms with E-state index in [1.54, 1.807) is 73.8 Å². The van der Waals surface area contributed by atoms with Gasteiger partial charge in [0.1, 0.15) is 5.82 Å². The second-order valence-electron chi connectivity index (χ2n) is 7.10. The van der Waals surface area contributed by atoms with Gasteiger partial charge < -0.3 is 64.2 Å². The minimum Gasteiger partial charge on any atom is -2.00 e.